The third-order valence-electron chi connectivity index (χ3n) is 6.43. The van der Waals surface area contributed by atoms with Crippen molar-refractivity contribution in [3.8, 4) is 0 Å². The fourth-order valence-corrected chi connectivity index (χ4v) is 5.35. The number of aromatic nitrogens is 2. The summed E-state index contributed by atoms with van der Waals surface area (Å²) in [5.74, 6) is 1.000. The Kier molecular flexibility index (Phi) is 6.51. The molecule has 168 valence electrons. The Morgan fingerprint density at radius 1 is 1.03 bits per heavy atom. The second kappa shape index (κ2) is 9.85. The smallest absolute Gasteiger partial charge is 0.290 e. The van der Waals surface area contributed by atoms with Crippen molar-refractivity contribution >= 4 is 39.8 Å². The van der Waals surface area contributed by atoms with Gasteiger partial charge >= 0.3 is 0 Å². The summed E-state index contributed by atoms with van der Waals surface area (Å²) in [5.41, 5.74) is 2.02. The fourth-order valence-electron chi connectivity index (χ4n) is 4.68. The molecule has 1 aliphatic carbocycles. The van der Waals surface area contributed by atoms with Crippen molar-refractivity contribution in [2.45, 2.75) is 44.7 Å². The molecule has 0 spiro atoms. The van der Waals surface area contributed by atoms with Gasteiger partial charge in [0.25, 0.3) is 11.1 Å². The average Bonchev–Trinajstić information content (AvgIpc) is 3.15. The van der Waals surface area contributed by atoms with Gasteiger partial charge in [-0.15, -0.1) is 0 Å². The zero-order valence-corrected chi connectivity index (χ0v) is 19.1. The molecular weight excluding hydrogens is 432 g/mol. The molecule has 2 fully saturated rings. The SMILES string of the molecule is O=C1NC(=O)/C(=C/c2ccnc(CC3CCC(NCc4cccc5ccccc45)CC3)n2)S1. The number of fused-ring (bicyclic) bond motifs is 1. The Morgan fingerprint density at radius 2 is 1.85 bits per heavy atom. The van der Waals surface area contributed by atoms with Gasteiger partial charge in [-0.05, 0) is 71.8 Å². The Morgan fingerprint density at radius 3 is 2.67 bits per heavy atom. The molecule has 0 atom stereocenters. The maximum absolute atomic E-state index is 11.8. The number of imide groups is 1. The van der Waals surface area contributed by atoms with Gasteiger partial charge in [-0.2, -0.15) is 0 Å². The van der Waals surface area contributed by atoms with Gasteiger partial charge in [0, 0.05) is 25.2 Å². The predicted molar refractivity (Wildman–Crippen MR) is 131 cm³/mol. The van der Waals surface area contributed by atoms with Crippen LogP contribution < -0.4 is 10.6 Å². The largest absolute Gasteiger partial charge is 0.310 e. The molecule has 2 aliphatic rings. The molecule has 2 amide bonds. The van der Waals surface area contributed by atoms with Crippen molar-refractivity contribution in [3.05, 3.63) is 76.7 Å². The molecular formula is C26H26N4O2S. The summed E-state index contributed by atoms with van der Waals surface area (Å²) in [5, 5.41) is 8.31. The minimum atomic E-state index is -0.362. The summed E-state index contributed by atoms with van der Waals surface area (Å²) in [6.07, 6.45) is 8.82. The molecule has 1 saturated carbocycles. The Bertz CT molecular complexity index is 1210. The predicted octanol–water partition coefficient (Wildman–Crippen LogP) is 4.84. The van der Waals surface area contributed by atoms with Crippen molar-refractivity contribution < 1.29 is 9.59 Å². The number of hydrogen-bond donors (Lipinski definition) is 2. The van der Waals surface area contributed by atoms with Crippen LogP contribution in [0, 0.1) is 5.92 Å². The molecule has 2 N–H and O–H groups in total. The zero-order valence-electron chi connectivity index (χ0n) is 18.3. The highest BCUT2D eigenvalue weighted by Crippen LogP contribution is 2.28. The van der Waals surface area contributed by atoms with Crippen LogP contribution in [0.4, 0.5) is 4.79 Å². The minimum Gasteiger partial charge on any atom is -0.310 e. The van der Waals surface area contributed by atoms with Crippen LogP contribution in [-0.2, 0) is 17.8 Å². The van der Waals surface area contributed by atoms with E-state index in [1.807, 2.05) is 0 Å². The van der Waals surface area contributed by atoms with Gasteiger partial charge in [-0.25, -0.2) is 9.97 Å². The van der Waals surface area contributed by atoms with Crippen LogP contribution in [0.15, 0.2) is 59.6 Å². The molecule has 7 heteroatoms. The molecule has 2 aromatic carbocycles. The van der Waals surface area contributed by atoms with Gasteiger partial charge in [0.1, 0.15) is 5.82 Å². The zero-order chi connectivity index (χ0) is 22.6. The van der Waals surface area contributed by atoms with Crippen molar-refractivity contribution in [2.24, 2.45) is 5.92 Å². The number of hydrogen-bond acceptors (Lipinski definition) is 6. The first-order chi connectivity index (χ1) is 16.1. The highest BCUT2D eigenvalue weighted by atomic mass is 32.2. The molecule has 6 nitrogen and oxygen atoms in total. The number of thioether (sulfide) groups is 1. The Labute approximate surface area is 197 Å². The number of nitrogens with one attached hydrogen (secondary N) is 2. The number of rotatable bonds is 6. The standard InChI is InChI=1S/C26H26N4O2S/c31-25-23(33-26(32)30-25)15-21-12-13-27-24(29-21)14-17-8-10-20(11-9-17)28-16-19-6-3-5-18-4-1-2-7-22(18)19/h1-7,12-13,15,17,20,28H,8-11,14,16H2,(H,30,31,32)/b23-15-. The van der Waals surface area contributed by atoms with Crippen LogP contribution in [0.25, 0.3) is 16.8 Å². The second-order valence-corrected chi connectivity index (χ2v) is 9.71. The number of nitrogens with zero attached hydrogens (tertiary/aromatic N) is 2. The van der Waals surface area contributed by atoms with Crippen LogP contribution in [0.1, 0.15) is 42.8 Å². The van der Waals surface area contributed by atoms with Crippen LogP contribution in [-0.4, -0.2) is 27.2 Å². The molecule has 0 radical (unpaired) electrons. The van der Waals surface area contributed by atoms with Crippen LogP contribution in [0.5, 0.6) is 0 Å². The highest BCUT2D eigenvalue weighted by Gasteiger charge is 2.25. The topological polar surface area (TPSA) is 84.0 Å². The molecule has 1 aromatic heterocycles. The van der Waals surface area contributed by atoms with E-state index in [1.165, 1.54) is 16.3 Å². The minimum absolute atomic E-state index is 0.341. The summed E-state index contributed by atoms with van der Waals surface area (Å²) < 4.78 is 0. The molecule has 3 aromatic rings. The normalized spacial score (nSPS) is 22.1. The lowest BCUT2D eigenvalue weighted by molar-refractivity contribution is -0.115. The lowest BCUT2D eigenvalue weighted by Gasteiger charge is -2.29. The van der Waals surface area contributed by atoms with E-state index in [0.29, 0.717) is 22.6 Å². The van der Waals surface area contributed by atoms with E-state index in [1.54, 1.807) is 18.3 Å². The number of carbonyl (C=O) groups excluding carboxylic acids is 2. The molecule has 0 bridgehead atoms. The van der Waals surface area contributed by atoms with E-state index in [4.69, 9.17) is 0 Å². The summed E-state index contributed by atoms with van der Waals surface area (Å²) in [7, 11) is 0. The summed E-state index contributed by atoms with van der Waals surface area (Å²) >= 11 is 0.908. The summed E-state index contributed by atoms with van der Waals surface area (Å²) in [6, 6.07) is 17.4. The van der Waals surface area contributed by atoms with Crippen molar-refractivity contribution in [3.63, 3.8) is 0 Å². The van der Waals surface area contributed by atoms with E-state index in [2.05, 4.69) is 63.1 Å². The monoisotopic (exact) mass is 458 g/mol. The quantitative estimate of drug-likeness (QED) is 0.514. The lowest BCUT2D eigenvalue weighted by atomic mass is 9.84. The molecule has 5 rings (SSSR count). The van der Waals surface area contributed by atoms with Gasteiger partial charge in [0.05, 0.1) is 10.6 Å². The van der Waals surface area contributed by atoms with Gasteiger partial charge in [0.2, 0.25) is 0 Å². The number of benzene rings is 2. The third kappa shape index (κ3) is 5.31. The summed E-state index contributed by atoms with van der Waals surface area (Å²) in [6.45, 7) is 0.893. The fraction of sp³-hybridized carbons (Fsp3) is 0.308. The van der Waals surface area contributed by atoms with Crippen molar-refractivity contribution in [1.82, 2.24) is 20.6 Å². The Balaban J connectivity index is 1.14. The maximum Gasteiger partial charge on any atom is 0.290 e. The average molecular weight is 459 g/mol. The van der Waals surface area contributed by atoms with Crippen LogP contribution in [0.2, 0.25) is 0 Å². The molecule has 33 heavy (non-hydrogen) atoms. The Hall–Kier alpha value is -3.03. The van der Waals surface area contributed by atoms with E-state index in [0.717, 1.165) is 56.2 Å². The van der Waals surface area contributed by atoms with Crippen LogP contribution >= 0.6 is 11.8 Å². The first-order valence-corrected chi connectivity index (χ1v) is 12.2. The van der Waals surface area contributed by atoms with Gasteiger partial charge < -0.3 is 5.32 Å². The van der Waals surface area contributed by atoms with Gasteiger partial charge in [0.15, 0.2) is 0 Å². The molecule has 1 saturated heterocycles. The van der Waals surface area contributed by atoms with Crippen molar-refractivity contribution in [1.29, 1.82) is 0 Å². The van der Waals surface area contributed by atoms with Crippen molar-refractivity contribution in [2.75, 3.05) is 0 Å². The maximum atomic E-state index is 11.8. The van der Waals surface area contributed by atoms with Crippen LogP contribution in [0.3, 0.4) is 0 Å². The first kappa shape index (κ1) is 21.8. The van der Waals surface area contributed by atoms with Gasteiger partial charge in [-0.1, -0.05) is 42.5 Å². The second-order valence-electron chi connectivity index (χ2n) is 8.69. The van der Waals surface area contributed by atoms with Gasteiger partial charge in [-0.3, -0.25) is 14.9 Å². The third-order valence-corrected chi connectivity index (χ3v) is 7.24. The number of amides is 2. The van der Waals surface area contributed by atoms with E-state index in [9.17, 15) is 9.59 Å². The van der Waals surface area contributed by atoms with E-state index in [-0.39, 0.29) is 11.1 Å². The lowest BCUT2D eigenvalue weighted by Crippen LogP contribution is -2.33. The summed E-state index contributed by atoms with van der Waals surface area (Å²) in [4.78, 5) is 32.5. The first-order valence-electron chi connectivity index (χ1n) is 11.4. The van der Waals surface area contributed by atoms with E-state index >= 15 is 0 Å². The molecule has 2 heterocycles. The molecule has 1 aliphatic heterocycles. The highest BCUT2D eigenvalue weighted by molar-refractivity contribution is 8.18. The van der Waals surface area contributed by atoms with E-state index < -0.39 is 0 Å². The molecule has 0 unspecified atom stereocenters. The number of carbonyl (C=O) groups is 2.